The quantitative estimate of drug-likeness (QED) is 0.564. The number of ether oxygens (including phenoxy) is 1. The van der Waals surface area contributed by atoms with E-state index in [1.807, 2.05) is 27.7 Å². The van der Waals surface area contributed by atoms with Gasteiger partial charge >= 0.3 is 6.61 Å². The fourth-order valence-electron chi connectivity index (χ4n) is 3.41. The summed E-state index contributed by atoms with van der Waals surface area (Å²) in [5.74, 6) is -0.379. The summed E-state index contributed by atoms with van der Waals surface area (Å²) in [6.45, 7) is 9.86. The number of Topliss-reactive ketones (excluding diaryl/α,β-unsaturated/α-hetero) is 1. The Morgan fingerprint density at radius 3 is 2.12 bits per heavy atom. The molecule has 0 aliphatic rings. The number of alkyl halides is 2. The largest absolute Gasteiger partial charge is 0.435 e. The number of carbonyl (C=O) groups excluding carboxylic acids is 2. The normalized spacial score (nSPS) is 13.3. The van der Waals surface area contributed by atoms with E-state index < -0.39 is 17.6 Å². The van der Waals surface area contributed by atoms with Gasteiger partial charge in [0.2, 0.25) is 5.91 Å². The zero-order valence-electron chi connectivity index (χ0n) is 20.6. The first-order valence-corrected chi connectivity index (χ1v) is 11.9. The van der Waals surface area contributed by atoms with Crippen molar-refractivity contribution >= 4 is 35.2 Å². The van der Waals surface area contributed by atoms with Gasteiger partial charge in [0.05, 0.1) is 4.53 Å². The highest BCUT2D eigenvalue weighted by atomic mass is 32.1. The van der Waals surface area contributed by atoms with E-state index in [1.165, 1.54) is 22.8 Å². The first-order valence-electron chi connectivity index (χ1n) is 11.0. The molecular formula is C25H32F2N2O4S. The lowest BCUT2D eigenvalue weighted by atomic mass is 9.91. The molecule has 1 amide bonds. The summed E-state index contributed by atoms with van der Waals surface area (Å²) >= 11 is 1.11. The molecule has 0 radical (unpaired) electrons. The van der Waals surface area contributed by atoms with Crippen LogP contribution in [0.1, 0.15) is 54.0 Å². The van der Waals surface area contributed by atoms with Gasteiger partial charge in [-0.1, -0.05) is 32.9 Å². The van der Waals surface area contributed by atoms with Crippen LogP contribution in [0.4, 0.5) is 8.78 Å². The second-order valence-corrected chi connectivity index (χ2v) is 10.6. The van der Waals surface area contributed by atoms with Crippen molar-refractivity contribution in [2.24, 2.45) is 5.41 Å². The van der Waals surface area contributed by atoms with Crippen molar-refractivity contribution in [3.05, 3.63) is 49.4 Å². The molecule has 2 rings (SSSR count). The topological polar surface area (TPSA) is 68.6 Å². The summed E-state index contributed by atoms with van der Waals surface area (Å²) in [6.07, 6.45) is 3.01. The van der Waals surface area contributed by atoms with Crippen LogP contribution in [0.2, 0.25) is 0 Å². The van der Waals surface area contributed by atoms with Gasteiger partial charge in [-0.3, -0.25) is 19.0 Å². The minimum absolute atomic E-state index is 0.00796. The van der Waals surface area contributed by atoms with Crippen molar-refractivity contribution in [1.29, 1.82) is 0 Å². The van der Waals surface area contributed by atoms with Gasteiger partial charge in [0.1, 0.15) is 17.0 Å². The molecule has 1 aromatic carbocycles. The molecule has 9 heteroatoms. The number of nitrogens with zero attached hydrogens (tertiary/aromatic N) is 2. The zero-order chi connectivity index (χ0) is 25.8. The van der Waals surface area contributed by atoms with Crippen LogP contribution in [0, 0.1) is 5.41 Å². The molecule has 2 aromatic rings. The van der Waals surface area contributed by atoms with Crippen LogP contribution in [0.15, 0.2) is 29.1 Å². The van der Waals surface area contributed by atoms with E-state index >= 15 is 0 Å². The van der Waals surface area contributed by atoms with Crippen molar-refractivity contribution in [2.45, 2.75) is 73.7 Å². The average Bonchev–Trinajstić information content (AvgIpc) is 2.96. The molecule has 6 nitrogen and oxygen atoms in total. The second kappa shape index (κ2) is 11.1. The van der Waals surface area contributed by atoms with Gasteiger partial charge in [0.15, 0.2) is 5.78 Å². The van der Waals surface area contributed by atoms with E-state index in [9.17, 15) is 23.2 Å². The molecule has 1 heterocycles. The lowest BCUT2D eigenvalue weighted by molar-refractivity contribution is -0.135. The van der Waals surface area contributed by atoms with E-state index in [1.54, 1.807) is 43.9 Å². The predicted octanol–water partition coefficient (Wildman–Crippen LogP) is 3.38. The standard InChI is InChI=1S/C25H32F2N2O4S/c1-15(2)29(16(3)4)21(31)14-28-22(13-20(30)25(5,6)7)34-19(23(28)32)12-17-8-10-18(11-9-17)33-24(26)27/h8-13,15-16,24H,14H2,1-7H3. The molecule has 0 bridgehead atoms. The Balaban J connectivity index is 2.59. The summed E-state index contributed by atoms with van der Waals surface area (Å²) in [5, 5.41) is 0. The Hall–Kier alpha value is -2.81. The maximum Gasteiger partial charge on any atom is 0.387 e. The third kappa shape index (κ3) is 7.09. The number of benzene rings is 1. The molecule has 0 atom stereocenters. The van der Waals surface area contributed by atoms with Gasteiger partial charge in [-0.05, 0) is 51.5 Å². The van der Waals surface area contributed by atoms with Crippen LogP contribution < -0.4 is 19.5 Å². The fourth-order valence-corrected chi connectivity index (χ4v) is 4.45. The van der Waals surface area contributed by atoms with E-state index in [0.717, 1.165) is 11.3 Å². The van der Waals surface area contributed by atoms with Crippen LogP contribution in [0.5, 0.6) is 5.75 Å². The van der Waals surface area contributed by atoms with Gasteiger partial charge in [0, 0.05) is 23.6 Å². The summed E-state index contributed by atoms with van der Waals surface area (Å²) in [6, 6.07) is 5.76. The molecule has 0 saturated heterocycles. The number of hydrogen-bond acceptors (Lipinski definition) is 5. The Bertz CT molecular complexity index is 1180. The number of amides is 1. The maximum absolute atomic E-state index is 13.3. The van der Waals surface area contributed by atoms with Crippen molar-refractivity contribution in [3.8, 4) is 5.75 Å². The van der Waals surface area contributed by atoms with Crippen LogP contribution in [0.25, 0.3) is 12.2 Å². The van der Waals surface area contributed by atoms with Gasteiger partial charge in [-0.2, -0.15) is 8.78 Å². The summed E-state index contributed by atoms with van der Waals surface area (Å²) in [5.41, 5.74) is -0.453. The van der Waals surface area contributed by atoms with Gasteiger partial charge in [-0.15, -0.1) is 11.3 Å². The van der Waals surface area contributed by atoms with Crippen LogP contribution in [-0.4, -0.2) is 39.9 Å². The highest BCUT2D eigenvalue weighted by Gasteiger charge is 2.23. The van der Waals surface area contributed by atoms with Gasteiger partial charge < -0.3 is 9.64 Å². The molecule has 0 fully saturated rings. The molecular weight excluding hydrogens is 462 g/mol. The molecule has 186 valence electrons. The van der Waals surface area contributed by atoms with Crippen molar-refractivity contribution in [2.75, 3.05) is 0 Å². The summed E-state index contributed by atoms with van der Waals surface area (Å²) < 4.78 is 31.2. The first-order chi connectivity index (χ1) is 15.7. The molecule has 0 N–H and O–H groups in total. The lowest BCUT2D eigenvalue weighted by Crippen LogP contribution is -2.46. The number of ketones is 1. The Labute approximate surface area is 202 Å². The second-order valence-electron chi connectivity index (χ2n) is 9.53. The highest BCUT2D eigenvalue weighted by Crippen LogP contribution is 2.16. The Morgan fingerprint density at radius 2 is 1.65 bits per heavy atom. The molecule has 34 heavy (non-hydrogen) atoms. The molecule has 0 aliphatic carbocycles. The van der Waals surface area contributed by atoms with Gasteiger partial charge in [0.25, 0.3) is 5.56 Å². The number of aromatic nitrogens is 1. The van der Waals surface area contributed by atoms with Crippen LogP contribution in [-0.2, 0) is 16.1 Å². The van der Waals surface area contributed by atoms with Gasteiger partial charge in [-0.25, -0.2) is 0 Å². The Kier molecular flexibility index (Phi) is 8.94. The highest BCUT2D eigenvalue weighted by molar-refractivity contribution is 7.07. The summed E-state index contributed by atoms with van der Waals surface area (Å²) in [4.78, 5) is 40.7. The van der Waals surface area contributed by atoms with E-state index in [0.29, 0.717) is 14.8 Å². The number of carbonyl (C=O) groups is 2. The molecule has 0 aliphatic heterocycles. The van der Waals surface area contributed by atoms with Crippen molar-refractivity contribution in [1.82, 2.24) is 9.47 Å². The molecule has 0 unspecified atom stereocenters. The summed E-state index contributed by atoms with van der Waals surface area (Å²) in [7, 11) is 0. The minimum atomic E-state index is -2.92. The lowest BCUT2D eigenvalue weighted by Gasteiger charge is -2.30. The van der Waals surface area contributed by atoms with E-state index in [2.05, 4.69) is 4.74 Å². The molecule has 1 aromatic heterocycles. The van der Waals surface area contributed by atoms with Crippen molar-refractivity contribution < 1.29 is 23.1 Å². The zero-order valence-corrected chi connectivity index (χ0v) is 21.4. The minimum Gasteiger partial charge on any atom is -0.435 e. The van der Waals surface area contributed by atoms with Crippen molar-refractivity contribution in [3.63, 3.8) is 0 Å². The third-order valence-electron chi connectivity index (χ3n) is 5.03. The predicted molar refractivity (Wildman–Crippen MR) is 131 cm³/mol. The number of rotatable bonds is 8. The first kappa shape index (κ1) is 27.4. The smallest absolute Gasteiger partial charge is 0.387 e. The number of thiazole rings is 1. The van der Waals surface area contributed by atoms with E-state index in [4.69, 9.17) is 0 Å². The van der Waals surface area contributed by atoms with Crippen LogP contribution in [0.3, 0.4) is 0 Å². The van der Waals surface area contributed by atoms with Crippen LogP contribution >= 0.6 is 11.3 Å². The molecule has 0 spiro atoms. The third-order valence-corrected chi connectivity index (χ3v) is 6.09. The van der Waals surface area contributed by atoms with E-state index in [-0.39, 0.29) is 36.1 Å². The Morgan fingerprint density at radius 1 is 1.09 bits per heavy atom. The monoisotopic (exact) mass is 494 g/mol. The average molecular weight is 495 g/mol. The number of hydrogen-bond donors (Lipinski definition) is 0. The molecule has 0 saturated carbocycles. The SMILES string of the molecule is CC(C)N(C(=O)Cn1c(=CC(=O)C(C)(C)C)sc(=Cc2ccc(OC(F)F)cc2)c1=O)C(C)C. The number of halogens is 2. The maximum atomic E-state index is 13.3. The fraction of sp³-hybridized carbons (Fsp3) is 0.480.